The molecule has 0 radical (unpaired) electrons. The van der Waals surface area contributed by atoms with Crippen LogP contribution in [0.5, 0.6) is 34.5 Å². The number of carbonyl (C=O) groups excluding carboxylic acids is 2. The number of carbonyl (C=O) groups is 2. The molecular weight excluding hydrogens is 559 g/mol. The minimum absolute atomic E-state index is 0.216. The fraction of sp³-hybridized carbons (Fsp3) is 0.312. The van der Waals surface area contributed by atoms with E-state index >= 15 is 0 Å². The van der Waals surface area contributed by atoms with E-state index in [-0.39, 0.29) is 11.8 Å². The van der Waals surface area contributed by atoms with Gasteiger partial charge in [-0.3, -0.25) is 9.59 Å². The SMILES string of the molecule is COc1cc(C(=O)N2CCN(C(=O)C=C(c3ccc(F)cc3)c3cc(OC)c(OC)c(OC)c3)CC2)cc(OC)c1OC. The number of methoxy groups -OCH3 is 6. The molecule has 0 saturated carbocycles. The molecule has 0 unspecified atom stereocenters. The molecule has 11 heteroatoms. The Balaban J connectivity index is 1.59. The van der Waals surface area contributed by atoms with Crippen LogP contribution in [-0.2, 0) is 4.79 Å². The number of ether oxygens (including phenoxy) is 6. The summed E-state index contributed by atoms with van der Waals surface area (Å²) in [4.78, 5) is 30.3. The van der Waals surface area contributed by atoms with Crippen LogP contribution in [0.15, 0.2) is 54.6 Å². The average Bonchev–Trinajstić information content (AvgIpc) is 3.05. The first-order chi connectivity index (χ1) is 20.8. The Morgan fingerprint density at radius 3 is 1.44 bits per heavy atom. The predicted octanol–water partition coefficient (Wildman–Crippen LogP) is 4.29. The minimum atomic E-state index is -0.396. The van der Waals surface area contributed by atoms with Crippen molar-refractivity contribution in [2.24, 2.45) is 0 Å². The molecule has 1 heterocycles. The largest absolute Gasteiger partial charge is 0.493 e. The highest BCUT2D eigenvalue weighted by atomic mass is 19.1. The molecule has 0 aliphatic carbocycles. The maximum atomic E-state index is 13.8. The monoisotopic (exact) mass is 594 g/mol. The third-order valence-corrected chi connectivity index (χ3v) is 7.19. The van der Waals surface area contributed by atoms with Gasteiger partial charge in [0, 0.05) is 37.8 Å². The Morgan fingerprint density at radius 2 is 1.02 bits per heavy atom. The van der Waals surface area contributed by atoms with Gasteiger partial charge in [0.2, 0.25) is 17.4 Å². The summed E-state index contributed by atoms with van der Waals surface area (Å²) < 4.78 is 46.4. The first-order valence-corrected chi connectivity index (χ1v) is 13.4. The number of nitrogens with zero attached hydrogens (tertiary/aromatic N) is 2. The number of piperazine rings is 1. The first-order valence-electron chi connectivity index (χ1n) is 13.4. The topological polar surface area (TPSA) is 96.0 Å². The Hall–Kier alpha value is -4.93. The molecule has 1 aliphatic rings. The Bertz CT molecular complexity index is 1450. The second-order valence-electron chi connectivity index (χ2n) is 9.51. The summed E-state index contributed by atoms with van der Waals surface area (Å²) >= 11 is 0. The van der Waals surface area contributed by atoms with Gasteiger partial charge in [-0.2, -0.15) is 0 Å². The predicted molar refractivity (Wildman–Crippen MR) is 158 cm³/mol. The van der Waals surface area contributed by atoms with Crippen molar-refractivity contribution < 1.29 is 42.4 Å². The van der Waals surface area contributed by atoms with E-state index in [4.69, 9.17) is 28.4 Å². The fourth-order valence-electron chi connectivity index (χ4n) is 4.93. The van der Waals surface area contributed by atoms with Crippen LogP contribution < -0.4 is 28.4 Å². The molecular formula is C32H35FN2O8. The van der Waals surface area contributed by atoms with Gasteiger partial charge in [0.1, 0.15) is 5.82 Å². The van der Waals surface area contributed by atoms with Gasteiger partial charge in [-0.05, 0) is 53.1 Å². The summed E-state index contributed by atoms with van der Waals surface area (Å²) in [6.45, 7) is 1.28. The van der Waals surface area contributed by atoms with Crippen LogP contribution in [0.3, 0.4) is 0 Å². The van der Waals surface area contributed by atoms with Crippen LogP contribution >= 0.6 is 0 Å². The molecule has 3 aromatic rings. The maximum absolute atomic E-state index is 13.8. The second kappa shape index (κ2) is 13.8. The number of rotatable bonds is 10. The molecule has 1 saturated heterocycles. The van der Waals surface area contributed by atoms with Crippen LogP contribution in [0, 0.1) is 5.82 Å². The standard InChI is InChI=1S/C32H35FN2O8/c1-38-25-15-21(16-26(39-2)30(25)42-5)24(20-7-9-23(33)10-8-20)19-29(36)34-11-13-35(14-12-34)32(37)22-17-27(40-3)31(43-6)28(18-22)41-4/h7-10,15-19H,11-14H2,1-6H3. The zero-order chi connectivity index (χ0) is 31.1. The Labute approximate surface area is 250 Å². The number of hydrogen-bond donors (Lipinski definition) is 0. The van der Waals surface area contributed by atoms with E-state index in [0.29, 0.717) is 82.9 Å². The van der Waals surface area contributed by atoms with Gasteiger partial charge in [0.25, 0.3) is 5.91 Å². The highest BCUT2D eigenvalue weighted by Crippen LogP contribution is 2.41. The van der Waals surface area contributed by atoms with Crippen molar-refractivity contribution in [2.75, 3.05) is 68.8 Å². The highest BCUT2D eigenvalue weighted by Gasteiger charge is 2.27. The molecule has 1 aliphatic heterocycles. The molecule has 0 N–H and O–H groups in total. The molecule has 3 aromatic carbocycles. The van der Waals surface area contributed by atoms with Crippen molar-refractivity contribution in [1.29, 1.82) is 0 Å². The van der Waals surface area contributed by atoms with Gasteiger partial charge >= 0.3 is 0 Å². The van der Waals surface area contributed by atoms with Crippen LogP contribution in [-0.4, -0.2) is 90.5 Å². The molecule has 228 valence electrons. The Kier molecular flexibility index (Phi) is 9.97. The number of halogens is 1. The maximum Gasteiger partial charge on any atom is 0.254 e. The van der Waals surface area contributed by atoms with E-state index in [1.165, 1.54) is 60.9 Å². The van der Waals surface area contributed by atoms with E-state index in [9.17, 15) is 14.0 Å². The zero-order valence-corrected chi connectivity index (χ0v) is 25.1. The van der Waals surface area contributed by atoms with Gasteiger partial charge in [0.15, 0.2) is 23.0 Å². The van der Waals surface area contributed by atoms with E-state index in [2.05, 4.69) is 0 Å². The molecule has 0 aromatic heterocycles. The third kappa shape index (κ3) is 6.61. The zero-order valence-electron chi connectivity index (χ0n) is 25.1. The number of benzene rings is 3. The van der Waals surface area contributed by atoms with Crippen LogP contribution in [0.4, 0.5) is 4.39 Å². The van der Waals surface area contributed by atoms with Crippen LogP contribution in [0.1, 0.15) is 21.5 Å². The summed E-state index contributed by atoms with van der Waals surface area (Å²) in [5, 5.41) is 0. The molecule has 4 rings (SSSR count). The number of hydrogen-bond acceptors (Lipinski definition) is 8. The lowest BCUT2D eigenvalue weighted by molar-refractivity contribution is -0.127. The average molecular weight is 595 g/mol. The quantitative estimate of drug-likeness (QED) is 0.321. The van der Waals surface area contributed by atoms with Crippen LogP contribution in [0.2, 0.25) is 0 Å². The van der Waals surface area contributed by atoms with Gasteiger partial charge in [-0.1, -0.05) is 12.1 Å². The summed E-state index contributed by atoms with van der Waals surface area (Å²) in [5.41, 5.74) is 2.17. The molecule has 10 nitrogen and oxygen atoms in total. The molecule has 43 heavy (non-hydrogen) atoms. The van der Waals surface area contributed by atoms with Gasteiger partial charge in [-0.15, -0.1) is 0 Å². The van der Waals surface area contributed by atoms with Crippen LogP contribution in [0.25, 0.3) is 5.57 Å². The molecule has 0 atom stereocenters. The van der Waals surface area contributed by atoms with E-state index in [0.717, 1.165) is 0 Å². The van der Waals surface area contributed by atoms with Gasteiger partial charge in [-0.25, -0.2) is 4.39 Å². The van der Waals surface area contributed by atoms with E-state index in [1.807, 2.05) is 0 Å². The second-order valence-corrected chi connectivity index (χ2v) is 9.51. The molecule has 1 fully saturated rings. The summed E-state index contributed by atoms with van der Waals surface area (Å²) in [5.74, 6) is 1.52. The van der Waals surface area contributed by atoms with Crippen molar-refractivity contribution in [3.05, 3.63) is 77.1 Å². The number of amides is 2. The molecule has 0 spiro atoms. The van der Waals surface area contributed by atoms with Crippen molar-refractivity contribution in [2.45, 2.75) is 0 Å². The summed E-state index contributed by atoms with van der Waals surface area (Å²) in [6.07, 6.45) is 1.50. The lowest BCUT2D eigenvalue weighted by Gasteiger charge is -2.34. The third-order valence-electron chi connectivity index (χ3n) is 7.19. The fourth-order valence-corrected chi connectivity index (χ4v) is 4.93. The summed E-state index contributed by atoms with van der Waals surface area (Å²) in [6, 6.07) is 12.6. The molecule has 2 amide bonds. The highest BCUT2D eigenvalue weighted by molar-refractivity contribution is 6.00. The Morgan fingerprint density at radius 1 is 0.605 bits per heavy atom. The van der Waals surface area contributed by atoms with Gasteiger partial charge in [0.05, 0.1) is 42.7 Å². The minimum Gasteiger partial charge on any atom is -0.493 e. The smallest absolute Gasteiger partial charge is 0.254 e. The lowest BCUT2D eigenvalue weighted by Crippen LogP contribution is -2.50. The van der Waals surface area contributed by atoms with Crippen molar-refractivity contribution in [3.63, 3.8) is 0 Å². The van der Waals surface area contributed by atoms with Crippen molar-refractivity contribution >= 4 is 17.4 Å². The summed E-state index contributed by atoms with van der Waals surface area (Å²) in [7, 11) is 8.99. The first kappa shape index (κ1) is 31.0. The van der Waals surface area contributed by atoms with E-state index < -0.39 is 5.82 Å². The normalized spacial score (nSPS) is 13.3. The molecule has 0 bridgehead atoms. The van der Waals surface area contributed by atoms with Crippen molar-refractivity contribution in [1.82, 2.24) is 9.80 Å². The lowest BCUT2D eigenvalue weighted by atomic mass is 9.96. The van der Waals surface area contributed by atoms with E-state index in [1.54, 1.807) is 46.2 Å². The van der Waals surface area contributed by atoms with Crippen molar-refractivity contribution in [3.8, 4) is 34.5 Å². The van der Waals surface area contributed by atoms with Gasteiger partial charge < -0.3 is 38.2 Å².